The summed E-state index contributed by atoms with van der Waals surface area (Å²) in [6.45, 7) is 2.52. The molecule has 6 heteroatoms. The first kappa shape index (κ1) is 17.2. The van der Waals surface area contributed by atoms with Gasteiger partial charge in [0.1, 0.15) is 0 Å². The fraction of sp³-hybridized carbons (Fsp3) is 0.294. The molecule has 0 saturated heterocycles. The Hall–Kier alpha value is -2.11. The number of pyridine rings is 1. The van der Waals surface area contributed by atoms with Crippen LogP contribution in [0.25, 0.3) is 0 Å². The van der Waals surface area contributed by atoms with Crippen LogP contribution in [-0.2, 0) is 17.8 Å². The second-order valence-corrected chi connectivity index (χ2v) is 5.97. The molecule has 0 radical (unpaired) electrons. The molecule has 1 aromatic carbocycles. The summed E-state index contributed by atoms with van der Waals surface area (Å²) in [6.07, 6.45) is 1.86. The quantitative estimate of drug-likeness (QED) is 0.726. The summed E-state index contributed by atoms with van der Waals surface area (Å²) in [5.74, 6) is -1.42. The fourth-order valence-electron chi connectivity index (χ4n) is 2.38. The van der Waals surface area contributed by atoms with E-state index >= 15 is 0 Å². The monoisotopic (exact) mass is 334 g/mol. The van der Waals surface area contributed by atoms with Crippen molar-refractivity contribution >= 4 is 17.6 Å². The normalized spacial score (nSPS) is 12.1. The summed E-state index contributed by atoms with van der Waals surface area (Å²) in [7, 11) is 0. The van der Waals surface area contributed by atoms with Crippen molar-refractivity contribution in [3.05, 3.63) is 68.6 Å². The van der Waals surface area contributed by atoms with E-state index in [1.807, 2.05) is 31.2 Å². The maximum atomic E-state index is 11.6. The van der Waals surface area contributed by atoms with Gasteiger partial charge in [-0.15, -0.1) is 0 Å². The standard InChI is InChI=1S/C17H19ClN2O3/c1-11-3-2-4-12(5-11)6-14(17(22)23)9-19-8-13-7-15(18)10-20-16(13)21/h2-5,7,10,14,19H,6,8-9H2,1H3,(H,20,21)(H,22,23). The maximum absolute atomic E-state index is 11.6. The molecular formula is C17H19ClN2O3. The molecule has 0 aliphatic carbocycles. The summed E-state index contributed by atoms with van der Waals surface area (Å²) in [6, 6.07) is 9.37. The van der Waals surface area contributed by atoms with Gasteiger partial charge in [-0.1, -0.05) is 41.4 Å². The lowest BCUT2D eigenvalue weighted by Gasteiger charge is -2.14. The van der Waals surface area contributed by atoms with Crippen molar-refractivity contribution in [1.82, 2.24) is 10.3 Å². The SMILES string of the molecule is Cc1cccc(CC(CNCc2cc(Cl)c[nH]c2=O)C(=O)O)c1. The highest BCUT2D eigenvalue weighted by atomic mass is 35.5. The average Bonchev–Trinajstić information content (AvgIpc) is 2.49. The highest BCUT2D eigenvalue weighted by Gasteiger charge is 2.18. The molecule has 5 nitrogen and oxygen atoms in total. The van der Waals surface area contributed by atoms with Gasteiger partial charge in [-0.05, 0) is 25.0 Å². The number of rotatable bonds is 7. The molecule has 122 valence electrons. The molecule has 0 aliphatic rings. The lowest BCUT2D eigenvalue weighted by Crippen LogP contribution is -2.31. The predicted octanol–water partition coefficient (Wildman–Crippen LogP) is 2.37. The van der Waals surface area contributed by atoms with E-state index in [2.05, 4.69) is 10.3 Å². The Morgan fingerprint density at radius 2 is 2.17 bits per heavy atom. The largest absolute Gasteiger partial charge is 0.481 e. The summed E-state index contributed by atoms with van der Waals surface area (Å²) in [4.78, 5) is 25.6. The van der Waals surface area contributed by atoms with Crippen molar-refractivity contribution < 1.29 is 9.90 Å². The third kappa shape index (κ3) is 5.23. The van der Waals surface area contributed by atoms with Crippen LogP contribution in [0.4, 0.5) is 0 Å². The van der Waals surface area contributed by atoms with Crippen LogP contribution in [0.3, 0.4) is 0 Å². The van der Waals surface area contributed by atoms with Gasteiger partial charge >= 0.3 is 5.97 Å². The number of aromatic nitrogens is 1. The highest BCUT2D eigenvalue weighted by molar-refractivity contribution is 6.30. The Morgan fingerprint density at radius 1 is 1.39 bits per heavy atom. The zero-order valence-corrected chi connectivity index (χ0v) is 13.6. The van der Waals surface area contributed by atoms with Crippen molar-refractivity contribution in [2.75, 3.05) is 6.54 Å². The molecule has 23 heavy (non-hydrogen) atoms. The molecular weight excluding hydrogens is 316 g/mol. The minimum absolute atomic E-state index is 0.229. The van der Waals surface area contributed by atoms with Crippen LogP contribution in [-0.4, -0.2) is 22.6 Å². The number of carboxylic acids is 1. The third-order valence-corrected chi connectivity index (χ3v) is 3.78. The van der Waals surface area contributed by atoms with Crippen LogP contribution in [0.5, 0.6) is 0 Å². The zero-order chi connectivity index (χ0) is 16.8. The van der Waals surface area contributed by atoms with E-state index in [4.69, 9.17) is 11.6 Å². The number of aromatic amines is 1. The van der Waals surface area contributed by atoms with Crippen LogP contribution < -0.4 is 10.9 Å². The van der Waals surface area contributed by atoms with Crippen LogP contribution in [0, 0.1) is 12.8 Å². The molecule has 0 aliphatic heterocycles. The van der Waals surface area contributed by atoms with Gasteiger partial charge in [-0.25, -0.2) is 0 Å². The minimum atomic E-state index is -0.862. The van der Waals surface area contributed by atoms with E-state index in [9.17, 15) is 14.7 Å². The van der Waals surface area contributed by atoms with Crippen LogP contribution in [0.1, 0.15) is 16.7 Å². The van der Waals surface area contributed by atoms with Crippen molar-refractivity contribution in [3.63, 3.8) is 0 Å². The maximum Gasteiger partial charge on any atom is 0.308 e. The van der Waals surface area contributed by atoms with Gasteiger partial charge in [0, 0.05) is 24.8 Å². The Morgan fingerprint density at radius 3 is 2.87 bits per heavy atom. The molecule has 2 aromatic rings. The number of carbonyl (C=O) groups is 1. The lowest BCUT2D eigenvalue weighted by molar-refractivity contribution is -0.141. The van der Waals surface area contributed by atoms with Gasteiger partial charge in [0.15, 0.2) is 0 Å². The molecule has 1 heterocycles. The summed E-state index contributed by atoms with van der Waals surface area (Å²) < 4.78 is 0. The summed E-state index contributed by atoms with van der Waals surface area (Å²) >= 11 is 5.84. The van der Waals surface area contributed by atoms with Crippen molar-refractivity contribution in [2.45, 2.75) is 19.9 Å². The Kier molecular flexibility index (Phi) is 5.96. The first-order valence-corrected chi connectivity index (χ1v) is 7.69. The molecule has 3 N–H and O–H groups in total. The number of aryl methyl sites for hydroxylation is 1. The molecule has 0 spiro atoms. The van der Waals surface area contributed by atoms with E-state index in [-0.39, 0.29) is 18.6 Å². The molecule has 0 fully saturated rings. The fourth-order valence-corrected chi connectivity index (χ4v) is 2.57. The molecule has 1 unspecified atom stereocenters. The summed E-state index contributed by atoms with van der Waals surface area (Å²) in [5, 5.41) is 12.8. The van der Waals surface area contributed by atoms with Crippen LogP contribution >= 0.6 is 11.6 Å². The number of benzene rings is 1. The Bertz CT molecular complexity index is 743. The molecule has 2 rings (SSSR count). The van der Waals surface area contributed by atoms with E-state index in [0.29, 0.717) is 17.0 Å². The van der Waals surface area contributed by atoms with Gasteiger partial charge in [0.05, 0.1) is 10.9 Å². The Balaban J connectivity index is 1.96. The number of hydrogen-bond acceptors (Lipinski definition) is 3. The number of H-pyrrole nitrogens is 1. The van der Waals surface area contributed by atoms with E-state index in [0.717, 1.165) is 11.1 Å². The van der Waals surface area contributed by atoms with Gasteiger partial charge < -0.3 is 15.4 Å². The predicted molar refractivity (Wildman–Crippen MR) is 89.8 cm³/mol. The van der Waals surface area contributed by atoms with Gasteiger partial charge in [0.25, 0.3) is 5.56 Å². The number of carboxylic acid groups (broad SMARTS) is 1. The first-order chi connectivity index (χ1) is 11.0. The van der Waals surface area contributed by atoms with Crippen molar-refractivity contribution in [2.24, 2.45) is 5.92 Å². The molecule has 1 atom stereocenters. The van der Waals surface area contributed by atoms with Crippen LogP contribution in [0.2, 0.25) is 5.02 Å². The van der Waals surface area contributed by atoms with E-state index < -0.39 is 11.9 Å². The average molecular weight is 335 g/mol. The number of nitrogens with one attached hydrogen (secondary N) is 2. The molecule has 0 saturated carbocycles. The van der Waals surface area contributed by atoms with Gasteiger partial charge in [0.2, 0.25) is 0 Å². The highest BCUT2D eigenvalue weighted by Crippen LogP contribution is 2.11. The molecule has 0 amide bonds. The number of aliphatic carboxylic acids is 1. The molecule has 0 bridgehead atoms. The van der Waals surface area contributed by atoms with Crippen LogP contribution in [0.15, 0.2) is 41.3 Å². The first-order valence-electron chi connectivity index (χ1n) is 7.32. The zero-order valence-electron chi connectivity index (χ0n) is 12.8. The minimum Gasteiger partial charge on any atom is -0.481 e. The van der Waals surface area contributed by atoms with Gasteiger partial charge in [-0.3, -0.25) is 9.59 Å². The smallest absolute Gasteiger partial charge is 0.308 e. The summed E-state index contributed by atoms with van der Waals surface area (Å²) in [5.41, 5.74) is 2.34. The third-order valence-electron chi connectivity index (χ3n) is 3.56. The topological polar surface area (TPSA) is 82.2 Å². The second kappa shape index (κ2) is 7.94. The van der Waals surface area contributed by atoms with Gasteiger partial charge in [-0.2, -0.15) is 0 Å². The number of halogens is 1. The Labute approximate surface area is 139 Å². The number of hydrogen-bond donors (Lipinski definition) is 3. The lowest BCUT2D eigenvalue weighted by atomic mass is 9.98. The molecule has 1 aromatic heterocycles. The second-order valence-electron chi connectivity index (χ2n) is 5.53. The van der Waals surface area contributed by atoms with Crippen molar-refractivity contribution in [3.8, 4) is 0 Å². The van der Waals surface area contributed by atoms with E-state index in [1.165, 1.54) is 6.20 Å². The van der Waals surface area contributed by atoms with E-state index in [1.54, 1.807) is 6.07 Å². The van der Waals surface area contributed by atoms with Crippen molar-refractivity contribution in [1.29, 1.82) is 0 Å².